The topological polar surface area (TPSA) is 108 Å². The molecule has 4 heterocycles. The number of hydrogen-bond donors (Lipinski definition) is 1. The number of carbonyl (C=O) groups excluding carboxylic acids is 2. The van der Waals surface area contributed by atoms with E-state index in [2.05, 4.69) is 9.97 Å². The molecule has 32 heavy (non-hydrogen) atoms. The molecule has 170 valence electrons. The molecule has 2 fully saturated rings. The second-order valence-corrected chi connectivity index (χ2v) is 8.45. The summed E-state index contributed by atoms with van der Waals surface area (Å²) in [5.41, 5.74) is 0.999. The lowest BCUT2D eigenvalue weighted by Crippen LogP contribution is -2.41. The number of likely N-dealkylation sites (tertiary alicyclic amines) is 2. The number of carbonyl (C=O) groups is 2. The van der Waals surface area contributed by atoms with Crippen LogP contribution < -0.4 is 5.56 Å². The number of nitrogens with zero attached hydrogens (tertiary/aromatic N) is 4. The summed E-state index contributed by atoms with van der Waals surface area (Å²) in [5.74, 6) is 0.693. The summed E-state index contributed by atoms with van der Waals surface area (Å²) in [7, 11) is 1.52. The Bertz CT molecular complexity index is 1000. The van der Waals surface area contributed by atoms with Gasteiger partial charge in [-0.15, -0.1) is 0 Å². The lowest BCUT2D eigenvalue weighted by atomic mass is 9.92. The van der Waals surface area contributed by atoms with Crippen LogP contribution in [0.4, 0.5) is 0 Å². The molecule has 2 aliphatic heterocycles. The zero-order valence-electron chi connectivity index (χ0n) is 18.3. The quantitative estimate of drug-likeness (QED) is 0.757. The summed E-state index contributed by atoms with van der Waals surface area (Å²) < 4.78 is 4.94. The molecule has 2 aromatic heterocycles. The van der Waals surface area contributed by atoms with E-state index in [1.54, 1.807) is 40.3 Å². The molecule has 0 bridgehead atoms. The second-order valence-electron chi connectivity index (χ2n) is 8.45. The minimum absolute atomic E-state index is 0.0129. The van der Waals surface area contributed by atoms with Gasteiger partial charge < -0.3 is 19.5 Å². The van der Waals surface area contributed by atoms with Crippen molar-refractivity contribution in [1.29, 1.82) is 0 Å². The Morgan fingerprint density at radius 1 is 1.12 bits per heavy atom. The molecular formula is C23H29N5O4. The maximum absolute atomic E-state index is 12.8. The number of amides is 2. The summed E-state index contributed by atoms with van der Waals surface area (Å²) >= 11 is 0. The van der Waals surface area contributed by atoms with Crippen LogP contribution in [0.25, 0.3) is 0 Å². The first-order chi connectivity index (χ1) is 15.5. The van der Waals surface area contributed by atoms with Crippen LogP contribution in [0.15, 0.2) is 35.3 Å². The van der Waals surface area contributed by atoms with Crippen LogP contribution in [0.1, 0.15) is 59.5 Å². The Hall–Kier alpha value is -3.07. The summed E-state index contributed by atoms with van der Waals surface area (Å²) in [5, 5.41) is 0. The summed E-state index contributed by atoms with van der Waals surface area (Å²) in [6, 6.07) is 6.87. The Morgan fingerprint density at radius 2 is 1.94 bits per heavy atom. The van der Waals surface area contributed by atoms with Gasteiger partial charge in [0.2, 0.25) is 5.91 Å². The first-order valence-corrected chi connectivity index (χ1v) is 11.1. The van der Waals surface area contributed by atoms with Crippen molar-refractivity contribution in [2.24, 2.45) is 0 Å². The Labute approximate surface area is 186 Å². The minimum Gasteiger partial charge on any atom is -0.375 e. The zero-order chi connectivity index (χ0) is 22.5. The number of piperidine rings is 2. The van der Waals surface area contributed by atoms with Crippen LogP contribution in [0.3, 0.4) is 0 Å². The van der Waals surface area contributed by atoms with Gasteiger partial charge in [-0.25, -0.2) is 4.98 Å². The van der Waals surface area contributed by atoms with Gasteiger partial charge in [0, 0.05) is 57.4 Å². The fraction of sp³-hybridized carbons (Fsp3) is 0.522. The third-order valence-electron chi connectivity index (χ3n) is 6.29. The number of pyridine rings is 1. The van der Waals surface area contributed by atoms with Crippen molar-refractivity contribution in [1.82, 2.24) is 24.8 Å². The average Bonchev–Trinajstić information content (AvgIpc) is 2.84. The number of methoxy groups -OCH3 is 1. The third kappa shape index (κ3) is 5.04. The normalized spacial score (nSPS) is 19.7. The van der Waals surface area contributed by atoms with E-state index in [0.29, 0.717) is 37.7 Å². The smallest absolute Gasteiger partial charge is 0.272 e. The molecule has 1 atom stereocenters. The minimum atomic E-state index is -0.170. The lowest BCUT2D eigenvalue weighted by molar-refractivity contribution is -0.136. The molecule has 4 rings (SSSR count). The van der Waals surface area contributed by atoms with Crippen LogP contribution in [0, 0.1) is 0 Å². The van der Waals surface area contributed by atoms with E-state index in [-0.39, 0.29) is 35.8 Å². The largest absolute Gasteiger partial charge is 0.375 e. The number of hydrogen-bond acceptors (Lipinski definition) is 6. The monoisotopic (exact) mass is 439 g/mol. The molecule has 0 saturated carbocycles. The summed E-state index contributed by atoms with van der Waals surface area (Å²) in [6.45, 7) is 2.53. The number of H-pyrrole nitrogens is 1. The van der Waals surface area contributed by atoms with Gasteiger partial charge in [0.05, 0.1) is 5.69 Å². The van der Waals surface area contributed by atoms with E-state index in [4.69, 9.17) is 9.72 Å². The van der Waals surface area contributed by atoms with Crippen LogP contribution in [-0.2, 0) is 9.53 Å². The predicted octanol–water partition coefficient (Wildman–Crippen LogP) is 1.54. The first-order valence-electron chi connectivity index (χ1n) is 11.1. The van der Waals surface area contributed by atoms with E-state index in [1.165, 1.54) is 7.11 Å². The number of aromatic amines is 1. The first kappa shape index (κ1) is 22.1. The van der Waals surface area contributed by atoms with Crippen LogP contribution >= 0.6 is 0 Å². The maximum atomic E-state index is 12.8. The molecule has 2 saturated heterocycles. The van der Waals surface area contributed by atoms with Gasteiger partial charge in [-0.3, -0.25) is 19.4 Å². The highest BCUT2D eigenvalue weighted by Crippen LogP contribution is 2.29. The van der Waals surface area contributed by atoms with Crippen LogP contribution in [0.5, 0.6) is 0 Å². The van der Waals surface area contributed by atoms with Crippen molar-refractivity contribution >= 4 is 11.8 Å². The van der Waals surface area contributed by atoms with Gasteiger partial charge >= 0.3 is 0 Å². The Balaban J connectivity index is 1.45. The van der Waals surface area contributed by atoms with E-state index in [1.807, 2.05) is 0 Å². The van der Waals surface area contributed by atoms with Crippen molar-refractivity contribution in [3.8, 4) is 0 Å². The van der Waals surface area contributed by atoms with E-state index >= 15 is 0 Å². The van der Waals surface area contributed by atoms with Gasteiger partial charge in [-0.05, 0) is 37.8 Å². The molecule has 0 spiro atoms. The number of nitrogens with one attached hydrogen (secondary N) is 1. The van der Waals surface area contributed by atoms with Crippen molar-refractivity contribution in [2.75, 3.05) is 39.9 Å². The lowest BCUT2D eigenvalue weighted by Gasteiger charge is -2.33. The number of aromatic nitrogens is 3. The average molecular weight is 440 g/mol. The van der Waals surface area contributed by atoms with E-state index in [9.17, 15) is 14.4 Å². The molecule has 0 aromatic carbocycles. The fourth-order valence-corrected chi connectivity index (χ4v) is 4.57. The maximum Gasteiger partial charge on any atom is 0.272 e. The highest BCUT2D eigenvalue weighted by molar-refractivity contribution is 5.92. The Kier molecular flexibility index (Phi) is 6.94. The second kappa shape index (κ2) is 10.0. The summed E-state index contributed by atoms with van der Waals surface area (Å²) in [6.07, 6.45) is 4.85. The van der Waals surface area contributed by atoms with Crippen LogP contribution in [0.2, 0.25) is 0 Å². The van der Waals surface area contributed by atoms with Crippen molar-refractivity contribution < 1.29 is 14.3 Å². The molecule has 9 nitrogen and oxygen atoms in total. The molecular weight excluding hydrogens is 410 g/mol. The molecule has 9 heteroatoms. The number of ether oxygens (including phenoxy) is 1. The molecule has 2 amide bonds. The predicted molar refractivity (Wildman–Crippen MR) is 117 cm³/mol. The highest BCUT2D eigenvalue weighted by Gasteiger charge is 2.29. The Morgan fingerprint density at radius 3 is 2.66 bits per heavy atom. The van der Waals surface area contributed by atoms with Crippen molar-refractivity contribution in [3.05, 3.63) is 58.0 Å². The van der Waals surface area contributed by atoms with Gasteiger partial charge in [-0.2, -0.15) is 0 Å². The molecule has 2 aliphatic rings. The zero-order valence-corrected chi connectivity index (χ0v) is 18.3. The van der Waals surface area contributed by atoms with E-state index < -0.39 is 0 Å². The van der Waals surface area contributed by atoms with Crippen molar-refractivity contribution in [2.45, 2.75) is 37.5 Å². The molecule has 1 N–H and O–H groups in total. The van der Waals surface area contributed by atoms with Crippen molar-refractivity contribution in [3.63, 3.8) is 0 Å². The molecule has 2 aromatic rings. The standard InChI is InChI=1S/C23H29N5O4/c1-32-15-21(30)27-11-7-16(8-12-27)22-25-19(13-20(29)26-22)17-5-4-10-28(14-17)23(31)18-6-2-3-9-24-18/h2-3,6,9,13,16-17H,4-5,7-8,10-12,14-15H2,1H3,(H,25,26,29)/t17-/m1/s1. The fourth-order valence-electron chi connectivity index (χ4n) is 4.57. The summed E-state index contributed by atoms with van der Waals surface area (Å²) in [4.78, 5) is 52.8. The molecule has 0 unspecified atom stereocenters. The van der Waals surface area contributed by atoms with E-state index in [0.717, 1.165) is 31.4 Å². The van der Waals surface area contributed by atoms with Gasteiger partial charge in [0.1, 0.15) is 18.1 Å². The third-order valence-corrected chi connectivity index (χ3v) is 6.29. The highest BCUT2D eigenvalue weighted by atomic mass is 16.5. The SMILES string of the molecule is COCC(=O)N1CCC(c2nc([C@@H]3CCCN(C(=O)c4ccccn4)C3)cc(=O)[nH]2)CC1. The van der Waals surface area contributed by atoms with Gasteiger partial charge in [0.25, 0.3) is 11.5 Å². The molecule has 0 radical (unpaired) electrons. The number of rotatable bonds is 5. The van der Waals surface area contributed by atoms with Gasteiger partial charge in [-0.1, -0.05) is 6.07 Å². The molecule has 0 aliphatic carbocycles. The van der Waals surface area contributed by atoms with Gasteiger partial charge in [0.15, 0.2) is 0 Å². The van der Waals surface area contributed by atoms with Crippen LogP contribution in [-0.4, -0.2) is 76.5 Å².